The van der Waals surface area contributed by atoms with E-state index < -0.39 is 0 Å². The number of fused-ring (bicyclic) bond motifs is 2. The van der Waals surface area contributed by atoms with Crippen LogP contribution in [-0.2, 0) is 6.42 Å². The third-order valence-electron chi connectivity index (χ3n) is 3.79. The molecule has 3 aromatic carbocycles. The molecule has 3 rings (SSSR count). The Morgan fingerprint density at radius 2 is 1.56 bits per heavy atom. The number of hydrogen-bond acceptors (Lipinski definition) is 0. The fraction of sp³-hybridized carbons (Fsp3) is 0.222. The third-order valence-corrected chi connectivity index (χ3v) is 3.79. The number of aryl methyl sites for hydroxylation is 2. The van der Waals surface area contributed by atoms with Crippen molar-refractivity contribution in [3.63, 3.8) is 0 Å². The fourth-order valence-corrected chi connectivity index (χ4v) is 2.75. The summed E-state index contributed by atoms with van der Waals surface area (Å²) >= 11 is 0. The second-order valence-corrected chi connectivity index (χ2v) is 5.02. The lowest BCUT2D eigenvalue weighted by atomic mass is 9.95. The van der Waals surface area contributed by atoms with E-state index in [4.69, 9.17) is 0 Å². The highest BCUT2D eigenvalue weighted by Gasteiger charge is 2.04. The van der Waals surface area contributed by atoms with Gasteiger partial charge in [0.2, 0.25) is 0 Å². The molecule has 0 saturated carbocycles. The zero-order chi connectivity index (χ0) is 12.5. The van der Waals surface area contributed by atoms with Crippen LogP contribution in [0.4, 0.5) is 0 Å². The fourth-order valence-electron chi connectivity index (χ4n) is 2.75. The van der Waals surface area contributed by atoms with E-state index >= 15 is 0 Å². The highest BCUT2D eigenvalue weighted by Crippen LogP contribution is 2.27. The molecule has 0 aliphatic heterocycles. The molecule has 0 N–H and O–H groups in total. The summed E-state index contributed by atoms with van der Waals surface area (Å²) in [4.78, 5) is 0. The first-order chi connectivity index (χ1) is 8.79. The van der Waals surface area contributed by atoms with Gasteiger partial charge in [0.1, 0.15) is 0 Å². The zero-order valence-electron chi connectivity index (χ0n) is 11.0. The second kappa shape index (κ2) is 4.45. The van der Waals surface area contributed by atoms with Gasteiger partial charge in [0.25, 0.3) is 0 Å². The van der Waals surface area contributed by atoms with Crippen molar-refractivity contribution < 1.29 is 0 Å². The summed E-state index contributed by atoms with van der Waals surface area (Å²) in [6.45, 7) is 4.49. The molecule has 0 amide bonds. The Morgan fingerprint density at radius 3 is 2.28 bits per heavy atom. The summed E-state index contributed by atoms with van der Waals surface area (Å²) in [7, 11) is 0. The zero-order valence-corrected chi connectivity index (χ0v) is 11.0. The van der Waals surface area contributed by atoms with Gasteiger partial charge in [-0.25, -0.2) is 0 Å². The standard InChI is InChI=1S/C18H18/c1-3-6-14-9-10-17-11-15-7-4-5-8-16(15)12-18(17)13(14)2/h4-5,7-12H,3,6H2,1-2H3. The van der Waals surface area contributed by atoms with Gasteiger partial charge in [0.05, 0.1) is 0 Å². The maximum atomic E-state index is 2.33. The van der Waals surface area contributed by atoms with E-state index in [0.717, 1.165) is 0 Å². The van der Waals surface area contributed by atoms with Gasteiger partial charge in [-0.1, -0.05) is 49.7 Å². The van der Waals surface area contributed by atoms with Crippen molar-refractivity contribution in [3.05, 3.63) is 59.7 Å². The lowest BCUT2D eigenvalue weighted by molar-refractivity contribution is 0.915. The van der Waals surface area contributed by atoms with Crippen molar-refractivity contribution in [3.8, 4) is 0 Å². The molecule has 0 nitrogen and oxygen atoms in total. The van der Waals surface area contributed by atoms with E-state index in [2.05, 4.69) is 62.4 Å². The Morgan fingerprint density at radius 1 is 0.833 bits per heavy atom. The number of hydrogen-bond donors (Lipinski definition) is 0. The molecule has 0 fully saturated rings. The average molecular weight is 234 g/mol. The molecule has 0 spiro atoms. The summed E-state index contributed by atoms with van der Waals surface area (Å²) < 4.78 is 0. The van der Waals surface area contributed by atoms with Gasteiger partial charge in [-0.3, -0.25) is 0 Å². The Labute approximate surface area is 108 Å². The minimum Gasteiger partial charge on any atom is -0.0651 e. The molecule has 0 saturated heterocycles. The molecule has 0 aliphatic rings. The number of benzene rings is 3. The SMILES string of the molecule is CCCc1ccc2cc3ccccc3cc2c1C. The molecular formula is C18H18. The van der Waals surface area contributed by atoms with Crippen LogP contribution in [0.15, 0.2) is 48.5 Å². The molecule has 3 aromatic rings. The molecule has 0 bridgehead atoms. The van der Waals surface area contributed by atoms with E-state index in [1.807, 2.05) is 0 Å². The minimum atomic E-state index is 1.18. The molecule has 0 heteroatoms. The van der Waals surface area contributed by atoms with Gasteiger partial charge >= 0.3 is 0 Å². The van der Waals surface area contributed by atoms with Gasteiger partial charge in [0, 0.05) is 0 Å². The molecule has 0 aromatic heterocycles. The van der Waals surface area contributed by atoms with Crippen LogP contribution in [0.5, 0.6) is 0 Å². The first-order valence-electron chi connectivity index (χ1n) is 6.70. The summed E-state index contributed by atoms with van der Waals surface area (Å²) in [5.74, 6) is 0. The average Bonchev–Trinajstić information content (AvgIpc) is 2.41. The minimum absolute atomic E-state index is 1.18. The monoisotopic (exact) mass is 234 g/mol. The normalized spacial score (nSPS) is 11.2. The number of rotatable bonds is 2. The van der Waals surface area contributed by atoms with Crippen molar-refractivity contribution in [2.45, 2.75) is 26.7 Å². The van der Waals surface area contributed by atoms with Crippen LogP contribution < -0.4 is 0 Å². The van der Waals surface area contributed by atoms with E-state index in [9.17, 15) is 0 Å². The lowest BCUT2D eigenvalue weighted by Crippen LogP contribution is -1.90. The van der Waals surface area contributed by atoms with E-state index in [0.29, 0.717) is 0 Å². The van der Waals surface area contributed by atoms with Gasteiger partial charge in [0.15, 0.2) is 0 Å². The summed E-state index contributed by atoms with van der Waals surface area (Å²) in [5, 5.41) is 5.42. The Balaban J connectivity index is 2.33. The van der Waals surface area contributed by atoms with Crippen molar-refractivity contribution in [2.75, 3.05) is 0 Å². The summed E-state index contributed by atoms with van der Waals surface area (Å²) in [6, 6.07) is 17.8. The van der Waals surface area contributed by atoms with Crippen molar-refractivity contribution in [2.24, 2.45) is 0 Å². The van der Waals surface area contributed by atoms with Crippen LogP contribution in [0.2, 0.25) is 0 Å². The van der Waals surface area contributed by atoms with E-state index in [1.54, 1.807) is 0 Å². The molecule has 0 heterocycles. The van der Waals surface area contributed by atoms with E-state index in [-0.39, 0.29) is 0 Å². The highest BCUT2D eigenvalue weighted by atomic mass is 14.1. The van der Waals surface area contributed by atoms with Crippen molar-refractivity contribution in [1.29, 1.82) is 0 Å². The molecule has 0 aliphatic carbocycles. The van der Waals surface area contributed by atoms with Crippen LogP contribution in [0.25, 0.3) is 21.5 Å². The summed E-state index contributed by atoms with van der Waals surface area (Å²) in [6.07, 6.45) is 2.38. The Hall–Kier alpha value is -1.82. The van der Waals surface area contributed by atoms with Crippen LogP contribution in [0.1, 0.15) is 24.5 Å². The predicted octanol–water partition coefficient (Wildman–Crippen LogP) is 5.25. The molecule has 0 radical (unpaired) electrons. The first-order valence-corrected chi connectivity index (χ1v) is 6.70. The topological polar surface area (TPSA) is 0 Å². The van der Waals surface area contributed by atoms with Crippen LogP contribution in [0.3, 0.4) is 0 Å². The molecule has 0 atom stereocenters. The van der Waals surface area contributed by atoms with Gasteiger partial charge in [-0.05, 0) is 58.1 Å². The van der Waals surface area contributed by atoms with Crippen molar-refractivity contribution in [1.82, 2.24) is 0 Å². The highest BCUT2D eigenvalue weighted by molar-refractivity contribution is 5.99. The smallest absolute Gasteiger partial charge is 0.0146 e. The van der Waals surface area contributed by atoms with Crippen LogP contribution >= 0.6 is 0 Å². The first kappa shape index (κ1) is 11.3. The molecule has 18 heavy (non-hydrogen) atoms. The maximum absolute atomic E-state index is 2.33. The molecular weight excluding hydrogens is 216 g/mol. The van der Waals surface area contributed by atoms with Gasteiger partial charge in [-0.2, -0.15) is 0 Å². The quantitative estimate of drug-likeness (QED) is 0.531. The largest absolute Gasteiger partial charge is 0.0651 e. The van der Waals surface area contributed by atoms with Crippen LogP contribution in [-0.4, -0.2) is 0 Å². The van der Waals surface area contributed by atoms with Gasteiger partial charge in [-0.15, -0.1) is 0 Å². The second-order valence-electron chi connectivity index (χ2n) is 5.02. The Kier molecular flexibility index (Phi) is 2.79. The van der Waals surface area contributed by atoms with Crippen LogP contribution in [0, 0.1) is 6.92 Å². The maximum Gasteiger partial charge on any atom is -0.0146 e. The Bertz CT molecular complexity index is 708. The van der Waals surface area contributed by atoms with Gasteiger partial charge < -0.3 is 0 Å². The lowest BCUT2D eigenvalue weighted by Gasteiger charge is -2.10. The molecule has 0 unspecified atom stereocenters. The predicted molar refractivity (Wildman–Crippen MR) is 80.2 cm³/mol. The summed E-state index contributed by atoms with van der Waals surface area (Å²) in [5.41, 5.74) is 2.93. The van der Waals surface area contributed by atoms with Crippen molar-refractivity contribution >= 4 is 21.5 Å². The third kappa shape index (κ3) is 1.78. The van der Waals surface area contributed by atoms with E-state index in [1.165, 1.54) is 45.5 Å². The molecule has 90 valence electrons.